The zero-order chi connectivity index (χ0) is 14.4. The van der Waals surface area contributed by atoms with Crippen LogP contribution in [0.15, 0.2) is 31.0 Å². The molecule has 1 aliphatic heterocycles. The van der Waals surface area contributed by atoms with Crippen molar-refractivity contribution in [2.45, 2.75) is 39.5 Å². The summed E-state index contributed by atoms with van der Waals surface area (Å²) in [5, 5.41) is 0. The molecule has 1 aromatic carbocycles. The molecule has 0 atom stereocenters. The maximum absolute atomic E-state index is 6.20. The van der Waals surface area contributed by atoms with Gasteiger partial charge < -0.3 is 10.6 Å². The van der Waals surface area contributed by atoms with Crippen molar-refractivity contribution < 1.29 is 0 Å². The quantitative estimate of drug-likeness (QED) is 0.816. The van der Waals surface area contributed by atoms with Gasteiger partial charge in [0.2, 0.25) is 0 Å². The van der Waals surface area contributed by atoms with E-state index in [0.717, 1.165) is 35.5 Å². The Labute approximate surface area is 116 Å². The number of rotatable bonds is 3. The number of fused-ring (bicyclic) bond motifs is 1. The molecule has 0 radical (unpaired) electrons. The van der Waals surface area contributed by atoms with E-state index in [4.69, 9.17) is 5.73 Å². The van der Waals surface area contributed by atoms with Crippen molar-refractivity contribution in [3.05, 3.63) is 42.1 Å². The predicted octanol–water partition coefficient (Wildman–Crippen LogP) is 4.32. The predicted molar refractivity (Wildman–Crippen MR) is 85.4 cm³/mol. The van der Waals surface area contributed by atoms with Crippen LogP contribution >= 0.6 is 0 Å². The lowest BCUT2D eigenvalue weighted by Crippen LogP contribution is -2.24. The van der Waals surface area contributed by atoms with E-state index in [1.165, 1.54) is 11.3 Å². The summed E-state index contributed by atoms with van der Waals surface area (Å²) in [7, 11) is 0. The Morgan fingerprint density at radius 1 is 1.32 bits per heavy atom. The van der Waals surface area contributed by atoms with Crippen LogP contribution in [-0.2, 0) is 5.41 Å². The minimum absolute atomic E-state index is 0.0399. The third kappa shape index (κ3) is 1.86. The van der Waals surface area contributed by atoms with Gasteiger partial charge in [0, 0.05) is 34.6 Å². The largest absolute Gasteiger partial charge is 0.398 e. The van der Waals surface area contributed by atoms with Gasteiger partial charge in [-0.15, -0.1) is 0 Å². The van der Waals surface area contributed by atoms with Crippen LogP contribution in [0, 0.1) is 0 Å². The number of allylic oxidation sites excluding steroid dienone is 2. The fraction of sp³-hybridized carbons (Fsp3) is 0.412. The number of hydrogen-bond donors (Lipinski definition) is 1. The summed E-state index contributed by atoms with van der Waals surface area (Å²) in [6.45, 7) is 18.0. The molecule has 2 nitrogen and oxygen atoms in total. The molecule has 1 aliphatic rings. The fourth-order valence-electron chi connectivity index (χ4n) is 2.82. The van der Waals surface area contributed by atoms with Crippen molar-refractivity contribution in [1.82, 2.24) is 0 Å². The maximum atomic E-state index is 6.20. The Kier molecular flexibility index (Phi) is 3.21. The van der Waals surface area contributed by atoms with Gasteiger partial charge >= 0.3 is 0 Å². The van der Waals surface area contributed by atoms with E-state index in [0.29, 0.717) is 0 Å². The minimum Gasteiger partial charge on any atom is -0.398 e. The van der Waals surface area contributed by atoms with Gasteiger partial charge in [-0.1, -0.05) is 33.9 Å². The van der Waals surface area contributed by atoms with Crippen molar-refractivity contribution in [2.24, 2.45) is 0 Å². The van der Waals surface area contributed by atoms with Crippen LogP contribution in [0.5, 0.6) is 0 Å². The highest BCUT2D eigenvalue weighted by atomic mass is 15.2. The summed E-state index contributed by atoms with van der Waals surface area (Å²) in [6.07, 6.45) is 0.919. The second-order valence-electron chi connectivity index (χ2n) is 5.73. The highest BCUT2D eigenvalue weighted by Gasteiger charge is 2.38. The average molecular weight is 256 g/mol. The summed E-state index contributed by atoms with van der Waals surface area (Å²) in [4.78, 5) is 2.25. The normalized spacial score (nSPS) is 16.6. The molecule has 0 unspecified atom stereocenters. The van der Waals surface area contributed by atoms with Gasteiger partial charge in [0.25, 0.3) is 0 Å². The van der Waals surface area contributed by atoms with Gasteiger partial charge in [0.15, 0.2) is 0 Å². The lowest BCUT2D eigenvalue weighted by molar-refractivity contribution is 0.636. The number of benzene rings is 1. The maximum Gasteiger partial charge on any atom is 0.0471 e. The van der Waals surface area contributed by atoms with Gasteiger partial charge in [-0.25, -0.2) is 0 Å². The minimum atomic E-state index is -0.0399. The van der Waals surface area contributed by atoms with Gasteiger partial charge in [-0.2, -0.15) is 0 Å². The molecule has 0 amide bonds. The van der Waals surface area contributed by atoms with E-state index in [2.05, 4.69) is 57.9 Å². The smallest absolute Gasteiger partial charge is 0.0471 e. The summed E-state index contributed by atoms with van der Waals surface area (Å²) < 4.78 is 0. The Balaban J connectivity index is 2.67. The number of hydrogen-bond acceptors (Lipinski definition) is 2. The number of nitrogens with two attached hydrogens (primary N) is 1. The molecule has 1 aromatic rings. The molecule has 0 saturated heterocycles. The van der Waals surface area contributed by atoms with Crippen LogP contribution in [0.2, 0.25) is 0 Å². The summed E-state index contributed by atoms with van der Waals surface area (Å²) in [5.41, 5.74) is 12.8. The van der Waals surface area contributed by atoms with Crippen LogP contribution in [0.25, 0.3) is 5.57 Å². The summed E-state index contributed by atoms with van der Waals surface area (Å²) in [5.74, 6) is 0. The molecular formula is C17H24N2. The number of nitrogens with zero attached hydrogens (tertiary/aromatic N) is 1. The second kappa shape index (κ2) is 4.44. The zero-order valence-electron chi connectivity index (χ0n) is 12.5. The van der Waals surface area contributed by atoms with Gasteiger partial charge in [-0.05, 0) is 36.6 Å². The topological polar surface area (TPSA) is 29.3 Å². The molecule has 2 heteroatoms. The Morgan fingerprint density at radius 2 is 1.95 bits per heavy atom. The lowest BCUT2D eigenvalue weighted by Gasteiger charge is -2.24. The van der Waals surface area contributed by atoms with Crippen molar-refractivity contribution in [3.8, 4) is 0 Å². The third-order valence-corrected chi connectivity index (χ3v) is 4.30. The van der Waals surface area contributed by atoms with Crippen molar-refractivity contribution >= 4 is 16.9 Å². The highest BCUT2D eigenvalue weighted by molar-refractivity contribution is 5.82. The van der Waals surface area contributed by atoms with Gasteiger partial charge in [-0.3, -0.25) is 0 Å². The molecule has 2 rings (SSSR count). The van der Waals surface area contributed by atoms with Crippen LogP contribution in [0.1, 0.15) is 45.2 Å². The molecule has 1 heterocycles. The molecule has 0 aromatic heterocycles. The van der Waals surface area contributed by atoms with Crippen molar-refractivity contribution in [1.29, 1.82) is 0 Å². The number of anilines is 2. The number of nitrogen functional groups attached to an aromatic ring is 1. The number of likely N-dealkylation sites (N-methyl/N-ethyl adjacent to an activating group) is 1. The van der Waals surface area contributed by atoms with E-state index >= 15 is 0 Å². The van der Waals surface area contributed by atoms with E-state index in [1.54, 1.807) is 0 Å². The lowest BCUT2D eigenvalue weighted by atomic mass is 9.83. The van der Waals surface area contributed by atoms with Gasteiger partial charge in [0.1, 0.15) is 0 Å². The first-order chi connectivity index (χ1) is 8.84. The Morgan fingerprint density at radius 3 is 2.47 bits per heavy atom. The average Bonchev–Trinajstić information content (AvgIpc) is 2.55. The first kappa shape index (κ1) is 13.7. The van der Waals surface area contributed by atoms with Crippen LogP contribution in [-0.4, -0.2) is 6.54 Å². The highest BCUT2D eigenvalue weighted by Crippen LogP contribution is 2.48. The van der Waals surface area contributed by atoms with Crippen LogP contribution in [0.3, 0.4) is 0 Å². The molecule has 2 N–H and O–H groups in total. The van der Waals surface area contributed by atoms with Crippen LogP contribution < -0.4 is 10.6 Å². The molecule has 0 fully saturated rings. The first-order valence-corrected chi connectivity index (χ1v) is 6.93. The molecule has 0 aliphatic carbocycles. The standard InChI is InChI=1S/C17H24N2/c1-7-11(3)13-9-14-16(10-15(13)18)19(8-2)12(4)17(14,5)6/h9-10H,3-4,7-8,18H2,1-2,5-6H3. The van der Waals surface area contributed by atoms with E-state index in [9.17, 15) is 0 Å². The zero-order valence-corrected chi connectivity index (χ0v) is 12.5. The van der Waals surface area contributed by atoms with Gasteiger partial charge in [0.05, 0.1) is 0 Å². The van der Waals surface area contributed by atoms with E-state index < -0.39 is 0 Å². The summed E-state index contributed by atoms with van der Waals surface area (Å²) in [6, 6.07) is 4.28. The summed E-state index contributed by atoms with van der Waals surface area (Å²) >= 11 is 0. The SMILES string of the molecule is C=C(CC)c1cc2c(cc1N)N(CC)C(=C)C2(C)C. The van der Waals surface area contributed by atoms with E-state index in [1.807, 2.05) is 0 Å². The molecule has 102 valence electrons. The van der Waals surface area contributed by atoms with Crippen LogP contribution in [0.4, 0.5) is 11.4 Å². The molecule has 19 heavy (non-hydrogen) atoms. The molecule has 0 bridgehead atoms. The van der Waals surface area contributed by atoms with E-state index in [-0.39, 0.29) is 5.41 Å². The fourth-order valence-corrected chi connectivity index (χ4v) is 2.82. The first-order valence-electron chi connectivity index (χ1n) is 6.93. The monoisotopic (exact) mass is 256 g/mol. The Bertz CT molecular complexity index is 553. The Hall–Kier alpha value is -1.70. The van der Waals surface area contributed by atoms with Crippen molar-refractivity contribution in [2.75, 3.05) is 17.2 Å². The third-order valence-electron chi connectivity index (χ3n) is 4.30. The molecule has 0 spiro atoms. The molecular weight excluding hydrogens is 232 g/mol. The van der Waals surface area contributed by atoms with Crippen molar-refractivity contribution in [3.63, 3.8) is 0 Å². The second-order valence-corrected chi connectivity index (χ2v) is 5.73. The molecule has 0 saturated carbocycles.